The maximum Gasteiger partial charge on any atom is 0.127 e. The third-order valence-electron chi connectivity index (χ3n) is 4.44. The van der Waals surface area contributed by atoms with E-state index in [1.165, 1.54) is 5.56 Å². The fourth-order valence-electron chi connectivity index (χ4n) is 3.12. The Morgan fingerprint density at radius 3 is 2.50 bits per heavy atom. The van der Waals surface area contributed by atoms with E-state index in [0.29, 0.717) is 17.6 Å². The SMILES string of the molecule is COc1ccc(C2Oc3ccc(O)cc3CC2C(C)C)cc1. The van der Waals surface area contributed by atoms with Gasteiger partial charge in [0.25, 0.3) is 0 Å². The smallest absolute Gasteiger partial charge is 0.127 e. The molecule has 3 heteroatoms. The van der Waals surface area contributed by atoms with Gasteiger partial charge in [-0.2, -0.15) is 0 Å². The van der Waals surface area contributed by atoms with Gasteiger partial charge in [0.15, 0.2) is 0 Å². The summed E-state index contributed by atoms with van der Waals surface area (Å²) >= 11 is 0. The Balaban J connectivity index is 1.95. The average molecular weight is 298 g/mol. The molecule has 3 nitrogen and oxygen atoms in total. The van der Waals surface area contributed by atoms with E-state index in [4.69, 9.17) is 9.47 Å². The van der Waals surface area contributed by atoms with Crippen molar-refractivity contribution in [2.75, 3.05) is 7.11 Å². The molecule has 2 aromatic rings. The molecule has 1 aliphatic rings. The van der Waals surface area contributed by atoms with Gasteiger partial charge < -0.3 is 14.6 Å². The zero-order chi connectivity index (χ0) is 15.7. The van der Waals surface area contributed by atoms with E-state index in [-0.39, 0.29) is 6.10 Å². The van der Waals surface area contributed by atoms with E-state index in [1.807, 2.05) is 24.3 Å². The molecular weight excluding hydrogens is 276 g/mol. The lowest BCUT2D eigenvalue weighted by atomic mass is 9.80. The van der Waals surface area contributed by atoms with Crippen molar-refractivity contribution in [2.24, 2.45) is 11.8 Å². The summed E-state index contributed by atoms with van der Waals surface area (Å²) in [5, 5.41) is 9.68. The first-order chi connectivity index (χ1) is 10.6. The largest absolute Gasteiger partial charge is 0.508 e. The molecule has 0 bridgehead atoms. The van der Waals surface area contributed by atoms with Gasteiger partial charge in [-0.1, -0.05) is 26.0 Å². The number of fused-ring (bicyclic) bond motifs is 1. The van der Waals surface area contributed by atoms with Crippen molar-refractivity contribution in [3.63, 3.8) is 0 Å². The number of hydrogen-bond donors (Lipinski definition) is 1. The van der Waals surface area contributed by atoms with E-state index in [2.05, 4.69) is 26.0 Å². The summed E-state index contributed by atoms with van der Waals surface area (Å²) in [5.41, 5.74) is 2.25. The molecule has 1 aliphatic heterocycles. The monoisotopic (exact) mass is 298 g/mol. The number of methoxy groups -OCH3 is 1. The predicted molar refractivity (Wildman–Crippen MR) is 86.5 cm³/mol. The summed E-state index contributed by atoms with van der Waals surface area (Å²) in [7, 11) is 1.67. The van der Waals surface area contributed by atoms with Gasteiger partial charge in [-0.05, 0) is 53.8 Å². The number of aromatic hydroxyl groups is 1. The van der Waals surface area contributed by atoms with E-state index in [1.54, 1.807) is 13.2 Å². The van der Waals surface area contributed by atoms with Crippen molar-refractivity contribution in [2.45, 2.75) is 26.4 Å². The van der Waals surface area contributed by atoms with Crippen LogP contribution in [-0.4, -0.2) is 12.2 Å². The number of hydrogen-bond acceptors (Lipinski definition) is 3. The van der Waals surface area contributed by atoms with Crippen LogP contribution in [0.2, 0.25) is 0 Å². The minimum absolute atomic E-state index is 0.0305. The summed E-state index contributed by atoms with van der Waals surface area (Å²) in [6.45, 7) is 4.44. The van der Waals surface area contributed by atoms with Crippen LogP contribution >= 0.6 is 0 Å². The second kappa shape index (κ2) is 5.91. The van der Waals surface area contributed by atoms with Crippen LogP contribution in [0.3, 0.4) is 0 Å². The lowest BCUT2D eigenvalue weighted by Crippen LogP contribution is -2.29. The van der Waals surface area contributed by atoms with Crippen LogP contribution in [0.4, 0.5) is 0 Å². The summed E-state index contributed by atoms with van der Waals surface area (Å²) in [5.74, 6) is 2.89. The zero-order valence-corrected chi connectivity index (χ0v) is 13.2. The minimum Gasteiger partial charge on any atom is -0.508 e. The van der Waals surface area contributed by atoms with Crippen molar-refractivity contribution < 1.29 is 14.6 Å². The van der Waals surface area contributed by atoms with Crippen LogP contribution < -0.4 is 9.47 Å². The van der Waals surface area contributed by atoms with Crippen LogP contribution in [0.15, 0.2) is 42.5 Å². The van der Waals surface area contributed by atoms with Crippen molar-refractivity contribution in [1.82, 2.24) is 0 Å². The summed E-state index contributed by atoms with van der Waals surface area (Å²) < 4.78 is 11.5. The number of benzene rings is 2. The van der Waals surface area contributed by atoms with Crippen LogP contribution in [0.1, 0.15) is 31.1 Å². The second-order valence-corrected chi connectivity index (χ2v) is 6.22. The van der Waals surface area contributed by atoms with Gasteiger partial charge in [0.1, 0.15) is 23.4 Å². The van der Waals surface area contributed by atoms with Crippen LogP contribution in [0.5, 0.6) is 17.2 Å². The summed E-state index contributed by atoms with van der Waals surface area (Å²) in [6, 6.07) is 13.5. The van der Waals surface area contributed by atoms with Gasteiger partial charge in [-0.3, -0.25) is 0 Å². The molecule has 0 aliphatic carbocycles. The lowest BCUT2D eigenvalue weighted by Gasteiger charge is -2.36. The first-order valence-electron chi connectivity index (χ1n) is 7.71. The molecular formula is C19H22O3. The van der Waals surface area contributed by atoms with E-state index < -0.39 is 0 Å². The molecule has 2 unspecified atom stereocenters. The van der Waals surface area contributed by atoms with Gasteiger partial charge in [0.2, 0.25) is 0 Å². The van der Waals surface area contributed by atoms with Gasteiger partial charge >= 0.3 is 0 Å². The molecule has 116 valence electrons. The van der Waals surface area contributed by atoms with Crippen LogP contribution in [0, 0.1) is 11.8 Å². The first-order valence-corrected chi connectivity index (χ1v) is 7.71. The molecule has 1 heterocycles. The Kier molecular flexibility index (Phi) is 3.97. The number of phenols is 1. The molecule has 0 amide bonds. The molecule has 0 spiro atoms. The minimum atomic E-state index is 0.0305. The Labute approximate surface area is 131 Å². The highest BCUT2D eigenvalue weighted by atomic mass is 16.5. The quantitative estimate of drug-likeness (QED) is 0.915. The fourth-order valence-corrected chi connectivity index (χ4v) is 3.12. The Morgan fingerprint density at radius 1 is 1.14 bits per heavy atom. The molecule has 0 fully saturated rings. The van der Waals surface area contributed by atoms with Crippen molar-refractivity contribution in [3.05, 3.63) is 53.6 Å². The molecule has 22 heavy (non-hydrogen) atoms. The van der Waals surface area contributed by atoms with Gasteiger partial charge in [-0.15, -0.1) is 0 Å². The zero-order valence-electron chi connectivity index (χ0n) is 13.2. The van der Waals surface area contributed by atoms with Crippen LogP contribution in [-0.2, 0) is 6.42 Å². The Hall–Kier alpha value is -2.16. The normalized spacial score (nSPS) is 20.4. The lowest BCUT2D eigenvalue weighted by molar-refractivity contribution is 0.0849. The molecule has 0 saturated heterocycles. The van der Waals surface area contributed by atoms with Crippen molar-refractivity contribution in [3.8, 4) is 17.2 Å². The fraction of sp³-hybridized carbons (Fsp3) is 0.368. The first kappa shape index (κ1) is 14.8. The maximum atomic E-state index is 9.68. The van der Waals surface area contributed by atoms with Crippen LogP contribution in [0.25, 0.3) is 0 Å². The Morgan fingerprint density at radius 2 is 1.86 bits per heavy atom. The predicted octanol–water partition coefficient (Wildman–Crippen LogP) is 4.35. The topological polar surface area (TPSA) is 38.7 Å². The molecule has 3 rings (SSSR count). The third-order valence-corrected chi connectivity index (χ3v) is 4.44. The molecule has 0 radical (unpaired) electrons. The average Bonchev–Trinajstić information content (AvgIpc) is 2.53. The van der Waals surface area contributed by atoms with Gasteiger partial charge in [-0.25, -0.2) is 0 Å². The number of rotatable bonds is 3. The van der Waals surface area contributed by atoms with E-state index in [0.717, 1.165) is 23.5 Å². The summed E-state index contributed by atoms with van der Waals surface area (Å²) in [4.78, 5) is 0. The molecule has 0 aromatic heterocycles. The number of ether oxygens (including phenoxy) is 2. The molecule has 2 atom stereocenters. The Bertz CT molecular complexity index is 646. The van der Waals surface area contributed by atoms with Crippen molar-refractivity contribution >= 4 is 0 Å². The molecule has 0 saturated carbocycles. The molecule has 1 N–H and O–H groups in total. The highest BCUT2D eigenvalue weighted by molar-refractivity contribution is 5.42. The maximum absolute atomic E-state index is 9.68. The highest BCUT2D eigenvalue weighted by Crippen LogP contribution is 2.43. The van der Waals surface area contributed by atoms with E-state index in [9.17, 15) is 5.11 Å². The second-order valence-electron chi connectivity index (χ2n) is 6.22. The molecule has 2 aromatic carbocycles. The van der Waals surface area contributed by atoms with E-state index >= 15 is 0 Å². The summed E-state index contributed by atoms with van der Waals surface area (Å²) in [6.07, 6.45) is 0.945. The van der Waals surface area contributed by atoms with Gasteiger partial charge in [0.05, 0.1) is 7.11 Å². The van der Waals surface area contributed by atoms with Crippen molar-refractivity contribution in [1.29, 1.82) is 0 Å². The van der Waals surface area contributed by atoms with Gasteiger partial charge in [0, 0.05) is 5.92 Å². The number of phenolic OH excluding ortho intramolecular Hbond substituents is 1. The standard InChI is InChI=1S/C19H22O3/c1-12(2)17-11-14-10-15(20)6-9-18(14)22-19(17)13-4-7-16(21-3)8-5-13/h4-10,12,17,19-20H,11H2,1-3H3. The highest BCUT2D eigenvalue weighted by Gasteiger charge is 2.33. The third kappa shape index (κ3) is 2.76.